The molecule has 1 fully saturated rings. The zero-order valence-electron chi connectivity index (χ0n) is 16.1. The van der Waals surface area contributed by atoms with Crippen molar-refractivity contribution in [2.24, 2.45) is 15.4 Å². The fourth-order valence-corrected chi connectivity index (χ4v) is 3.60. The standard InChI is InChI=1S/C21H17N5O4S/c22-31(29,30)18-13-11-15(12-14-18)23-24-19-20(27)25(16-7-3-1-4-8-16)26(21(19)28)17-9-5-2-6-10-17/h1-14,19H,(H2,22,29,30)/b24-23+. The number of rotatable bonds is 5. The van der Waals surface area contributed by atoms with E-state index in [-0.39, 0.29) is 10.6 Å². The molecule has 31 heavy (non-hydrogen) atoms. The molecule has 0 aromatic heterocycles. The Hall–Kier alpha value is -3.89. The first-order chi connectivity index (χ1) is 14.9. The van der Waals surface area contributed by atoms with Gasteiger partial charge in [-0.3, -0.25) is 9.59 Å². The summed E-state index contributed by atoms with van der Waals surface area (Å²) in [5.41, 5.74) is 1.30. The summed E-state index contributed by atoms with van der Waals surface area (Å²) in [6.07, 6.45) is 0. The molecule has 4 rings (SSSR count). The fourth-order valence-electron chi connectivity index (χ4n) is 3.08. The van der Waals surface area contributed by atoms with Crippen LogP contribution in [0.15, 0.2) is 100 Å². The Kier molecular flexibility index (Phi) is 5.32. The number of amides is 2. The third kappa shape index (κ3) is 4.06. The van der Waals surface area contributed by atoms with E-state index < -0.39 is 27.9 Å². The topological polar surface area (TPSA) is 126 Å². The maximum atomic E-state index is 13.1. The number of carbonyl (C=O) groups is 2. The predicted molar refractivity (Wildman–Crippen MR) is 114 cm³/mol. The number of nitrogens with two attached hydrogens (primary N) is 1. The Morgan fingerprint density at radius 2 is 1.16 bits per heavy atom. The molecule has 0 atom stereocenters. The van der Waals surface area contributed by atoms with Gasteiger partial charge in [0.1, 0.15) is 0 Å². The minimum atomic E-state index is -3.84. The molecule has 0 unspecified atom stereocenters. The van der Waals surface area contributed by atoms with Gasteiger partial charge in [0.05, 0.1) is 22.0 Å². The Bertz CT molecular complexity index is 1190. The summed E-state index contributed by atoms with van der Waals surface area (Å²) in [5, 5.41) is 15.5. The van der Waals surface area contributed by atoms with E-state index >= 15 is 0 Å². The van der Waals surface area contributed by atoms with Crippen LogP contribution in [0.5, 0.6) is 0 Å². The molecule has 9 nitrogen and oxygen atoms in total. The largest absolute Gasteiger partial charge is 0.282 e. The number of carbonyl (C=O) groups excluding carboxylic acids is 2. The van der Waals surface area contributed by atoms with Gasteiger partial charge in [-0.15, -0.1) is 0 Å². The van der Waals surface area contributed by atoms with Gasteiger partial charge in [0.15, 0.2) is 0 Å². The molecule has 0 aliphatic carbocycles. The number of benzene rings is 3. The van der Waals surface area contributed by atoms with Crippen molar-refractivity contribution >= 4 is 38.9 Å². The molecular formula is C21H17N5O4S. The lowest BCUT2D eigenvalue weighted by Crippen LogP contribution is -2.41. The van der Waals surface area contributed by atoms with Crippen LogP contribution >= 0.6 is 0 Å². The second-order valence-electron chi connectivity index (χ2n) is 6.63. The number of hydrogen-bond acceptors (Lipinski definition) is 6. The lowest BCUT2D eigenvalue weighted by atomic mass is 10.2. The van der Waals surface area contributed by atoms with Crippen LogP contribution in [0, 0.1) is 0 Å². The van der Waals surface area contributed by atoms with Crippen molar-refractivity contribution in [1.29, 1.82) is 0 Å². The van der Waals surface area contributed by atoms with Crippen LogP contribution in [-0.4, -0.2) is 26.3 Å². The Morgan fingerprint density at radius 3 is 1.58 bits per heavy atom. The molecule has 2 amide bonds. The van der Waals surface area contributed by atoms with Gasteiger partial charge in [0.25, 0.3) is 11.8 Å². The van der Waals surface area contributed by atoms with E-state index in [0.717, 1.165) is 0 Å². The lowest BCUT2D eigenvalue weighted by Gasteiger charge is -2.27. The molecule has 1 heterocycles. The van der Waals surface area contributed by atoms with E-state index in [4.69, 9.17) is 5.14 Å². The Morgan fingerprint density at radius 1 is 0.710 bits per heavy atom. The minimum Gasteiger partial charge on any atom is -0.269 e. The van der Waals surface area contributed by atoms with Gasteiger partial charge in [0.2, 0.25) is 16.1 Å². The van der Waals surface area contributed by atoms with E-state index in [9.17, 15) is 18.0 Å². The summed E-state index contributed by atoms with van der Waals surface area (Å²) < 4.78 is 22.7. The monoisotopic (exact) mass is 435 g/mol. The van der Waals surface area contributed by atoms with E-state index in [1.165, 1.54) is 34.3 Å². The van der Waals surface area contributed by atoms with Crippen molar-refractivity contribution in [3.8, 4) is 0 Å². The summed E-state index contributed by atoms with van der Waals surface area (Å²) in [7, 11) is -3.84. The Balaban J connectivity index is 1.68. The normalized spacial score (nSPS) is 15.3. The van der Waals surface area contributed by atoms with Gasteiger partial charge in [-0.25, -0.2) is 23.6 Å². The molecule has 1 saturated heterocycles. The first-order valence-electron chi connectivity index (χ1n) is 9.18. The highest BCUT2D eigenvalue weighted by atomic mass is 32.2. The maximum Gasteiger partial charge on any atom is 0.282 e. The third-order valence-corrected chi connectivity index (χ3v) is 5.47. The quantitative estimate of drug-likeness (QED) is 0.488. The van der Waals surface area contributed by atoms with E-state index in [1.807, 2.05) is 0 Å². The summed E-state index contributed by atoms with van der Waals surface area (Å²) in [5.74, 6) is -1.10. The molecule has 156 valence electrons. The summed E-state index contributed by atoms with van der Waals surface area (Å²) in [6, 6.07) is 21.5. The second kappa shape index (κ2) is 8.09. The molecule has 0 bridgehead atoms. The molecule has 2 N–H and O–H groups in total. The average molecular weight is 435 g/mol. The van der Waals surface area contributed by atoms with Crippen molar-refractivity contribution in [3.63, 3.8) is 0 Å². The third-order valence-electron chi connectivity index (χ3n) is 4.54. The van der Waals surface area contributed by atoms with Crippen LogP contribution in [0.25, 0.3) is 0 Å². The molecule has 1 aliphatic heterocycles. The highest BCUT2D eigenvalue weighted by Crippen LogP contribution is 2.30. The zero-order valence-corrected chi connectivity index (χ0v) is 16.9. The first-order valence-corrected chi connectivity index (χ1v) is 10.7. The van der Waals surface area contributed by atoms with Crippen LogP contribution in [0.3, 0.4) is 0 Å². The van der Waals surface area contributed by atoms with Gasteiger partial charge in [-0.2, -0.15) is 10.2 Å². The molecule has 3 aromatic rings. The summed E-state index contributed by atoms with van der Waals surface area (Å²) in [6.45, 7) is 0. The molecule has 0 saturated carbocycles. The highest BCUT2D eigenvalue weighted by molar-refractivity contribution is 7.89. The number of para-hydroxylation sites is 2. The zero-order chi connectivity index (χ0) is 22.0. The number of hydrazine groups is 1. The van der Waals surface area contributed by atoms with Crippen LogP contribution in [0.4, 0.5) is 17.1 Å². The van der Waals surface area contributed by atoms with Crippen molar-refractivity contribution in [2.45, 2.75) is 10.9 Å². The van der Waals surface area contributed by atoms with Gasteiger partial charge in [-0.05, 0) is 48.5 Å². The highest BCUT2D eigenvalue weighted by Gasteiger charge is 2.47. The van der Waals surface area contributed by atoms with Crippen molar-refractivity contribution in [3.05, 3.63) is 84.9 Å². The number of hydrogen-bond donors (Lipinski definition) is 1. The van der Waals surface area contributed by atoms with Crippen molar-refractivity contribution in [2.75, 3.05) is 10.0 Å². The number of sulfonamides is 1. The van der Waals surface area contributed by atoms with Crippen LogP contribution in [0.2, 0.25) is 0 Å². The van der Waals surface area contributed by atoms with Gasteiger partial charge < -0.3 is 0 Å². The summed E-state index contributed by atoms with van der Waals surface area (Å²) in [4.78, 5) is 26.2. The van der Waals surface area contributed by atoms with Crippen LogP contribution < -0.4 is 15.2 Å². The smallest absolute Gasteiger partial charge is 0.269 e. The van der Waals surface area contributed by atoms with Gasteiger partial charge in [-0.1, -0.05) is 36.4 Å². The second-order valence-corrected chi connectivity index (χ2v) is 8.19. The molecule has 0 spiro atoms. The molecule has 10 heteroatoms. The fraction of sp³-hybridized carbons (Fsp3) is 0.0476. The SMILES string of the molecule is NS(=O)(=O)c1ccc(/N=N/C2C(=O)N(c3ccccc3)N(c3ccccc3)C2=O)cc1. The summed E-state index contributed by atoms with van der Waals surface area (Å²) >= 11 is 0. The number of primary sulfonamides is 1. The average Bonchev–Trinajstić information content (AvgIpc) is 3.03. The first kappa shape index (κ1) is 20.4. The van der Waals surface area contributed by atoms with Crippen molar-refractivity contribution < 1.29 is 18.0 Å². The Labute approximate surface area is 178 Å². The van der Waals surface area contributed by atoms with E-state index in [2.05, 4.69) is 10.2 Å². The number of azo groups is 1. The molecular weight excluding hydrogens is 418 g/mol. The van der Waals surface area contributed by atoms with E-state index in [1.54, 1.807) is 60.7 Å². The molecule has 1 aliphatic rings. The van der Waals surface area contributed by atoms with Gasteiger partial charge in [0, 0.05) is 0 Å². The van der Waals surface area contributed by atoms with Gasteiger partial charge >= 0.3 is 0 Å². The maximum absolute atomic E-state index is 13.1. The van der Waals surface area contributed by atoms with Crippen molar-refractivity contribution in [1.82, 2.24) is 0 Å². The predicted octanol–water partition coefficient (Wildman–Crippen LogP) is 2.78. The molecule has 0 radical (unpaired) electrons. The van der Waals surface area contributed by atoms with E-state index in [0.29, 0.717) is 11.4 Å². The number of nitrogens with zero attached hydrogens (tertiary/aromatic N) is 4. The molecule has 3 aromatic carbocycles. The van der Waals surface area contributed by atoms with Crippen LogP contribution in [0.1, 0.15) is 0 Å². The number of anilines is 2. The lowest BCUT2D eigenvalue weighted by molar-refractivity contribution is -0.123. The van der Waals surface area contributed by atoms with Crippen LogP contribution in [-0.2, 0) is 19.6 Å². The minimum absolute atomic E-state index is 0.0787.